The Morgan fingerprint density at radius 1 is 1.10 bits per heavy atom. The molecule has 0 radical (unpaired) electrons. The van der Waals surface area contributed by atoms with Gasteiger partial charge in [0.15, 0.2) is 0 Å². The number of hydrogen-bond acceptors (Lipinski definition) is 3. The maximum atomic E-state index is 11.8. The van der Waals surface area contributed by atoms with Gasteiger partial charge in [-0.1, -0.05) is 19.3 Å². The zero-order chi connectivity index (χ0) is 13.3. The van der Waals surface area contributed by atoms with Crippen molar-refractivity contribution in [2.45, 2.75) is 44.6 Å². The summed E-state index contributed by atoms with van der Waals surface area (Å²) in [6.07, 6.45) is 11.0. The van der Waals surface area contributed by atoms with E-state index in [9.17, 15) is 4.79 Å². The molecule has 4 nitrogen and oxygen atoms in total. The highest BCUT2D eigenvalue weighted by Gasteiger charge is 2.11. The largest absolute Gasteiger partial charge is 0.352 e. The van der Waals surface area contributed by atoms with Crippen LogP contribution in [0.3, 0.4) is 0 Å². The number of amides is 1. The summed E-state index contributed by atoms with van der Waals surface area (Å²) in [4.78, 5) is 15.6. The molecule has 0 spiro atoms. The van der Waals surface area contributed by atoms with Crippen molar-refractivity contribution in [2.75, 3.05) is 13.1 Å². The molecule has 0 aromatic carbocycles. The Kier molecular flexibility index (Phi) is 11.3. The van der Waals surface area contributed by atoms with Crippen LogP contribution in [0.25, 0.3) is 0 Å². The van der Waals surface area contributed by atoms with Gasteiger partial charge in [0.1, 0.15) is 0 Å². The molecule has 1 aliphatic rings. The molecule has 1 fully saturated rings. The van der Waals surface area contributed by atoms with Gasteiger partial charge in [-0.15, -0.1) is 24.8 Å². The molecule has 1 aliphatic carbocycles. The fraction of sp³-hybridized carbons (Fsp3) is 0.600. The summed E-state index contributed by atoms with van der Waals surface area (Å²) in [5.74, 6) is -0.0138. The van der Waals surface area contributed by atoms with Gasteiger partial charge in [0.05, 0.1) is 0 Å². The van der Waals surface area contributed by atoms with Gasteiger partial charge in [-0.2, -0.15) is 0 Å². The van der Waals surface area contributed by atoms with E-state index in [1.807, 2.05) is 0 Å². The Morgan fingerprint density at radius 3 is 2.43 bits per heavy atom. The number of carbonyl (C=O) groups is 1. The highest BCUT2D eigenvalue weighted by atomic mass is 35.5. The van der Waals surface area contributed by atoms with E-state index < -0.39 is 0 Å². The molecule has 0 unspecified atom stereocenters. The number of nitrogens with zero attached hydrogens (tertiary/aromatic N) is 1. The molecule has 1 amide bonds. The first-order valence-corrected chi connectivity index (χ1v) is 7.28. The van der Waals surface area contributed by atoms with E-state index in [1.54, 1.807) is 24.5 Å². The van der Waals surface area contributed by atoms with E-state index in [4.69, 9.17) is 0 Å². The lowest BCUT2D eigenvalue weighted by molar-refractivity contribution is 0.0953. The lowest BCUT2D eigenvalue weighted by Gasteiger charge is -2.22. The molecule has 1 saturated carbocycles. The molecule has 0 bridgehead atoms. The molecule has 1 aromatic heterocycles. The van der Waals surface area contributed by atoms with E-state index in [-0.39, 0.29) is 30.7 Å². The van der Waals surface area contributed by atoms with Gasteiger partial charge < -0.3 is 10.6 Å². The standard InChI is InChI=1S/C15H23N3O.2ClH/c19-15(13-7-11-16-12-8-13)18-10-4-9-17-14-5-2-1-3-6-14;;/h7-8,11-12,14,17H,1-6,9-10H2,(H,18,19);2*1H. The summed E-state index contributed by atoms with van der Waals surface area (Å²) >= 11 is 0. The van der Waals surface area contributed by atoms with Crippen LogP contribution in [0.15, 0.2) is 24.5 Å². The minimum atomic E-state index is -0.0138. The number of halogens is 2. The van der Waals surface area contributed by atoms with Crippen molar-refractivity contribution in [3.8, 4) is 0 Å². The molecule has 2 N–H and O–H groups in total. The minimum absolute atomic E-state index is 0. The highest BCUT2D eigenvalue weighted by molar-refractivity contribution is 5.93. The molecule has 0 aliphatic heterocycles. The molecule has 6 heteroatoms. The van der Waals surface area contributed by atoms with E-state index in [2.05, 4.69) is 15.6 Å². The SMILES string of the molecule is Cl.Cl.O=C(NCCCNC1CCCCC1)c1ccncc1. The van der Waals surface area contributed by atoms with E-state index in [0.29, 0.717) is 11.6 Å². The quantitative estimate of drug-likeness (QED) is 0.787. The summed E-state index contributed by atoms with van der Waals surface area (Å²) in [7, 11) is 0. The zero-order valence-corrected chi connectivity index (χ0v) is 13.8. The van der Waals surface area contributed by atoms with E-state index >= 15 is 0 Å². The zero-order valence-electron chi connectivity index (χ0n) is 12.2. The summed E-state index contributed by atoms with van der Waals surface area (Å²) in [6, 6.07) is 4.16. The van der Waals surface area contributed by atoms with E-state index in [0.717, 1.165) is 19.5 Å². The smallest absolute Gasteiger partial charge is 0.251 e. The third-order valence-corrected chi connectivity index (χ3v) is 3.62. The van der Waals surface area contributed by atoms with Crippen molar-refractivity contribution in [3.05, 3.63) is 30.1 Å². The Labute approximate surface area is 139 Å². The first kappa shape index (κ1) is 20.2. The monoisotopic (exact) mass is 333 g/mol. The fourth-order valence-corrected chi connectivity index (χ4v) is 2.51. The van der Waals surface area contributed by atoms with Gasteiger partial charge in [0.25, 0.3) is 5.91 Å². The number of hydrogen-bond donors (Lipinski definition) is 2. The maximum absolute atomic E-state index is 11.8. The van der Waals surface area contributed by atoms with Crippen LogP contribution in [0.5, 0.6) is 0 Å². The van der Waals surface area contributed by atoms with Crippen LogP contribution in [0.1, 0.15) is 48.9 Å². The van der Waals surface area contributed by atoms with Gasteiger partial charge in [-0.25, -0.2) is 0 Å². The van der Waals surface area contributed by atoms with Crippen molar-refractivity contribution in [2.24, 2.45) is 0 Å². The van der Waals surface area contributed by atoms with Crippen LogP contribution < -0.4 is 10.6 Å². The first-order chi connectivity index (χ1) is 9.36. The second-order valence-electron chi connectivity index (χ2n) is 5.13. The predicted molar refractivity (Wildman–Crippen MR) is 90.6 cm³/mol. The summed E-state index contributed by atoms with van der Waals surface area (Å²) in [5, 5.41) is 6.50. The third-order valence-electron chi connectivity index (χ3n) is 3.62. The second-order valence-corrected chi connectivity index (χ2v) is 5.13. The fourth-order valence-electron chi connectivity index (χ4n) is 2.51. The van der Waals surface area contributed by atoms with Gasteiger partial charge in [0, 0.05) is 30.5 Å². The summed E-state index contributed by atoms with van der Waals surface area (Å²) < 4.78 is 0. The molecule has 1 aromatic rings. The Balaban J connectivity index is 0.00000200. The minimum Gasteiger partial charge on any atom is -0.352 e. The number of carbonyl (C=O) groups excluding carboxylic acids is 1. The molecule has 0 atom stereocenters. The van der Waals surface area contributed by atoms with Crippen LogP contribution in [0, 0.1) is 0 Å². The third kappa shape index (κ3) is 7.65. The molecule has 0 saturated heterocycles. The molecular weight excluding hydrogens is 309 g/mol. The van der Waals surface area contributed by atoms with E-state index in [1.165, 1.54) is 32.1 Å². The Morgan fingerprint density at radius 2 is 1.76 bits per heavy atom. The molecule has 21 heavy (non-hydrogen) atoms. The van der Waals surface area contributed by atoms with Crippen molar-refractivity contribution in [3.63, 3.8) is 0 Å². The van der Waals surface area contributed by atoms with Crippen LogP contribution in [-0.4, -0.2) is 30.0 Å². The van der Waals surface area contributed by atoms with Crippen LogP contribution in [0.2, 0.25) is 0 Å². The average Bonchev–Trinajstić information content (AvgIpc) is 2.49. The molecule has 2 rings (SSSR count). The van der Waals surface area contributed by atoms with Gasteiger partial charge in [0.2, 0.25) is 0 Å². The predicted octanol–water partition coefficient (Wildman–Crippen LogP) is 2.97. The summed E-state index contributed by atoms with van der Waals surface area (Å²) in [6.45, 7) is 1.71. The van der Waals surface area contributed by atoms with Crippen molar-refractivity contribution >= 4 is 30.7 Å². The lowest BCUT2D eigenvalue weighted by atomic mass is 9.95. The molecule has 120 valence electrons. The number of aromatic nitrogens is 1. The van der Waals surface area contributed by atoms with Gasteiger partial charge in [-0.05, 0) is 37.9 Å². The summed E-state index contributed by atoms with van der Waals surface area (Å²) in [5.41, 5.74) is 0.676. The number of nitrogens with one attached hydrogen (secondary N) is 2. The normalized spacial score (nSPS) is 14.7. The van der Waals surface area contributed by atoms with Crippen LogP contribution in [0.4, 0.5) is 0 Å². The van der Waals surface area contributed by atoms with Gasteiger partial charge in [-0.3, -0.25) is 9.78 Å². The average molecular weight is 334 g/mol. The second kappa shape index (κ2) is 11.8. The van der Waals surface area contributed by atoms with Crippen LogP contribution in [-0.2, 0) is 0 Å². The first-order valence-electron chi connectivity index (χ1n) is 7.28. The van der Waals surface area contributed by atoms with Crippen molar-refractivity contribution < 1.29 is 4.79 Å². The lowest BCUT2D eigenvalue weighted by Crippen LogP contribution is -2.34. The van der Waals surface area contributed by atoms with Gasteiger partial charge >= 0.3 is 0 Å². The Bertz CT molecular complexity index is 384. The maximum Gasteiger partial charge on any atom is 0.251 e. The highest BCUT2D eigenvalue weighted by Crippen LogP contribution is 2.17. The van der Waals surface area contributed by atoms with Crippen molar-refractivity contribution in [1.29, 1.82) is 0 Å². The molecular formula is C15H25Cl2N3O. The number of pyridine rings is 1. The van der Waals surface area contributed by atoms with Crippen LogP contribution >= 0.6 is 24.8 Å². The topological polar surface area (TPSA) is 54.0 Å². The number of rotatable bonds is 6. The Hall–Kier alpha value is -0.840. The van der Waals surface area contributed by atoms with Crippen molar-refractivity contribution in [1.82, 2.24) is 15.6 Å². The molecule has 1 heterocycles.